The van der Waals surface area contributed by atoms with Crippen molar-refractivity contribution in [3.63, 3.8) is 0 Å². The van der Waals surface area contributed by atoms with E-state index in [1.54, 1.807) is 0 Å². The molecule has 1 fully saturated rings. The second-order valence-electron chi connectivity index (χ2n) is 4.64. The molecule has 1 aliphatic rings. The summed E-state index contributed by atoms with van der Waals surface area (Å²) < 4.78 is 2.33. The molecule has 0 N–H and O–H groups in total. The van der Waals surface area contributed by atoms with Gasteiger partial charge in [0.1, 0.15) is 5.82 Å². The van der Waals surface area contributed by atoms with Gasteiger partial charge in [0.25, 0.3) is 0 Å². The van der Waals surface area contributed by atoms with Crippen molar-refractivity contribution in [2.24, 2.45) is 0 Å². The van der Waals surface area contributed by atoms with Gasteiger partial charge < -0.3 is 4.57 Å². The van der Waals surface area contributed by atoms with Crippen LogP contribution in [0.3, 0.4) is 0 Å². The zero-order chi connectivity index (χ0) is 8.77. The molecule has 0 aliphatic heterocycles. The number of imidazole rings is 1. The van der Waals surface area contributed by atoms with E-state index >= 15 is 0 Å². The van der Waals surface area contributed by atoms with E-state index < -0.39 is 0 Å². The summed E-state index contributed by atoms with van der Waals surface area (Å²) in [6, 6.07) is 0.752. The topological polar surface area (TPSA) is 17.8 Å². The van der Waals surface area contributed by atoms with E-state index in [0.29, 0.717) is 0 Å². The van der Waals surface area contributed by atoms with E-state index in [9.17, 15) is 0 Å². The third-order valence-corrected chi connectivity index (χ3v) is 2.28. The van der Waals surface area contributed by atoms with Crippen molar-refractivity contribution in [1.29, 1.82) is 0 Å². The van der Waals surface area contributed by atoms with Crippen LogP contribution in [-0.2, 0) is 5.41 Å². The summed E-state index contributed by atoms with van der Waals surface area (Å²) in [5.74, 6) is 1.23. The van der Waals surface area contributed by atoms with Gasteiger partial charge in [-0.25, -0.2) is 4.98 Å². The Labute approximate surface area is 73.6 Å². The second-order valence-corrected chi connectivity index (χ2v) is 4.64. The smallest absolute Gasteiger partial charge is 0.114 e. The Balaban J connectivity index is 2.36. The SMILES string of the molecule is CC(C)(C)c1nccn1C1CC1. The van der Waals surface area contributed by atoms with Crippen LogP contribution in [0.5, 0.6) is 0 Å². The van der Waals surface area contributed by atoms with Crippen molar-refractivity contribution in [3.05, 3.63) is 18.2 Å². The molecule has 2 heteroatoms. The van der Waals surface area contributed by atoms with Gasteiger partial charge in [0.05, 0.1) is 0 Å². The number of hydrogen-bond acceptors (Lipinski definition) is 1. The lowest BCUT2D eigenvalue weighted by molar-refractivity contribution is 0.502. The number of rotatable bonds is 1. The van der Waals surface area contributed by atoms with E-state index in [1.807, 2.05) is 6.20 Å². The van der Waals surface area contributed by atoms with Crippen molar-refractivity contribution in [2.75, 3.05) is 0 Å². The normalized spacial score (nSPS) is 18.2. The highest BCUT2D eigenvalue weighted by atomic mass is 15.1. The largest absolute Gasteiger partial charge is 0.331 e. The lowest BCUT2D eigenvalue weighted by Crippen LogP contribution is -2.18. The van der Waals surface area contributed by atoms with Crippen LogP contribution in [0.15, 0.2) is 12.4 Å². The first-order valence-electron chi connectivity index (χ1n) is 4.62. The van der Waals surface area contributed by atoms with Crippen LogP contribution < -0.4 is 0 Å². The Kier molecular flexibility index (Phi) is 1.53. The van der Waals surface area contributed by atoms with Gasteiger partial charge in [0, 0.05) is 23.9 Å². The summed E-state index contributed by atoms with van der Waals surface area (Å²) in [5, 5.41) is 0. The van der Waals surface area contributed by atoms with E-state index in [0.717, 1.165) is 6.04 Å². The minimum Gasteiger partial charge on any atom is -0.331 e. The van der Waals surface area contributed by atoms with Gasteiger partial charge in [-0.15, -0.1) is 0 Å². The molecule has 0 atom stereocenters. The predicted octanol–water partition coefficient (Wildman–Crippen LogP) is 2.52. The lowest BCUT2D eigenvalue weighted by atomic mass is 9.95. The highest BCUT2D eigenvalue weighted by molar-refractivity contribution is 5.08. The van der Waals surface area contributed by atoms with Crippen LogP contribution in [0.4, 0.5) is 0 Å². The molecule has 0 spiro atoms. The first-order valence-corrected chi connectivity index (χ1v) is 4.62. The standard InChI is InChI=1S/C10H16N2/c1-10(2,3)9-11-6-7-12(9)8-4-5-8/h6-8H,4-5H2,1-3H3. The highest BCUT2D eigenvalue weighted by Gasteiger charge is 2.29. The fourth-order valence-electron chi connectivity index (χ4n) is 1.54. The van der Waals surface area contributed by atoms with Gasteiger partial charge in [0.2, 0.25) is 0 Å². The first-order chi connectivity index (χ1) is 5.59. The predicted molar refractivity (Wildman–Crippen MR) is 49.2 cm³/mol. The lowest BCUT2D eigenvalue weighted by Gasteiger charge is -2.19. The third kappa shape index (κ3) is 1.26. The van der Waals surface area contributed by atoms with Crippen LogP contribution >= 0.6 is 0 Å². The molecule has 1 aromatic heterocycles. The average Bonchev–Trinajstić information content (AvgIpc) is 2.65. The molecule has 1 heterocycles. The van der Waals surface area contributed by atoms with E-state index in [2.05, 4.69) is 36.5 Å². The first kappa shape index (κ1) is 7.84. The monoisotopic (exact) mass is 164 g/mol. The Bertz CT molecular complexity index is 276. The molecule has 1 saturated carbocycles. The van der Waals surface area contributed by atoms with Gasteiger partial charge in [-0.1, -0.05) is 20.8 Å². The maximum atomic E-state index is 4.41. The molecule has 2 nitrogen and oxygen atoms in total. The molecule has 0 bridgehead atoms. The van der Waals surface area contributed by atoms with Crippen molar-refractivity contribution in [3.8, 4) is 0 Å². The van der Waals surface area contributed by atoms with Gasteiger partial charge in [-0.3, -0.25) is 0 Å². The fraction of sp³-hybridized carbons (Fsp3) is 0.700. The van der Waals surface area contributed by atoms with E-state index in [-0.39, 0.29) is 5.41 Å². The molecule has 1 aromatic rings. The van der Waals surface area contributed by atoms with Crippen molar-refractivity contribution < 1.29 is 0 Å². The van der Waals surface area contributed by atoms with Crippen LogP contribution in [0, 0.1) is 0 Å². The summed E-state index contributed by atoms with van der Waals surface area (Å²) in [5.41, 5.74) is 0.187. The molecule has 0 unspecified atom stereocenters. The molecular weight excluding hydrogens is 148 g/mol. The number of hydrogen-bond donors (Lipinski definition) is 0. The Hall–Kier alpha value is -0.790. The minimum absolute atomic E-state index is 0.187. The van der Waals surface area contributed by atoms with E-state index in [4.69, 9.17) is 0 Å². The summed E-state index contributed by atoms with van der Waals surface area (Å²) in [7, 11) is 0. The summed E-state index contributed by atoms with van der Waals surface area (Å²) >= 11 is 0. The number of aromatic nitrogens is 2. The summed E-state index contributed by atoms with van der Waals surface area (Å²) in [6.45, 7) is 6.65. The Morgan fingerprint density at radius 2 is 2.08 bits per heavy atom. The van der Waals surface area contributed by atoms with Crippen LogP contribution in [0.2, 0.25) is 0 Å². The van der Waals surface area contributed by atoms with E-state index in [1.165, 1.54) is 18.7 Å². The average molecular weight is 164 g/mol. The molecule has 0 aromatic carbocycles. The second kappa shape index (κ2) is 2.35. The van der Waals surface area contributed by atoms with Gasteiger partial charge in [0.15, 0.2) is 0 Å². The molecule has 1 aliphatic carbocycles. The summed E-state index contributed by atoms with van der Waals surface area (Å²) in [4.78, 5) is 4.41. The molecule has 0 saturated heterocycles. The fourth-order valence-corrected chi connectivity index (χ4v) is 1.54. The van der Waals surface area contributed by atoms with Crippen molar-refractivity contribution in [2.45, 2.75) is 45.1 Å². The molecule has 0 amide bonds. The molecular formula is C10H16N2. The quantitative estimate of drug-likeness (QED) is 0.623. The maximum absolute atomic E-state index is 4.41. The van der Waals surface area contributed by atoms with Crippen LogP contribution in [0.25, 0.3) is 0 Å². The molecule has 2 rings (SSSR count). The van der Waals surface area contributed by atoms with Gasteiger partial charge in [-0.05, 0) is 12.8 Å². The van der Waals surface area contributed by atoms with Crippen LogP contribution in [-0.4, -0.2) is 9.55 Å². The third-order valence-electron chi connectivity index (χ3n) is 2.28. The molecule has 0 radical (unpaired) electrons. The zero-order valence-corrected chi connectivity index (χ0v) is 8.04. The maximum Gasteiger partial charge on any atom is 0.114 e. The minimum atomic E-state index is 0.187. The van der Waals surface area contributed by atoms with Crippen molar-refractivity contribution in [1.82, 2.24) is 9.55 Å². The van der Waals surface area contributed by atoms with Gasteiger partial charge in [-0.2, -0.15) is 0 Å². The van der Waals surface area contributed by atoms with Gasteiger partial charge >= 0.3 is 0 Å². The Morgan fingerprint density at radius 1 is 1.42 bits per heavy atom. The molecule has 12 heavy (non-hydrogen) atoms. The number of nitrogens with zero attached hydrogens (tertiary/aromatic N) is 2. The Morgan fingerprint density at radius 3 is 2.58 bits per heavy atom. The van der Waals surface area contributed by atoms with Crippen molar-refractivity contribution >= 4 is 0 Å². The summed E-state index contributed by atoms with van der Waals surface area (Å²) in [6.07, 6.45) is 6.69. The molecule has 66 valence electrons. The zero-order valence-electron chi connectivity index (χ0n) is 8.04. The van der Waals surface area contributed by atoms with Crippen LogP contribution in [0.1, 0.15) is 45.5 Å². The highest BCUT2D eigenvalue weighted by Crippen LogP contribution is 2.37.